The van der Waals surface area contributed by atoms with Gasteiger partial charge in [0, 0.05) is 23.2 Å². The van der Waals surface area contributed by atoms with Gasteiger partial charge in [-0.05, 0) is 37.5 Å². The van der Waals surface area contributed by atoms with Crippen LogP contribution in [-0.4, -0.2) is 23.4 Å². The molecule has 0 unspecified atom stereocenters. The normalized spacial score (nSPS) is 18.1. The summed E-state index contributed by atoms with van der Waals surface area (Å²) < 4.78 is 11.7. The molecule has 1 aliphatic rings. The number of benzene rings is 1. The van der Waals surface area contributed by atoms with Crippen LogP contribution < -0.4 is 5.73 Å². The van der Waals surface area contributed by atoms with Gasteiger partial charge in [0.25, 0.3) is 0 Å². The number of aryl methyl sites for hydroxylation is 1. The summed E-state index contributed by atoms with van der Waals surface area (Å²) in [6.07, 6.45) is 1.40. The number of hydrogen-bond donors (Lipinski definition) is 1. The van der Waals surface area contributed by atoms with Crippen molar-refractivity contribution < 1.29 is 9.26 Å². The van der Waals surface area contributed by atoms with E-state index < -0.39 is 5.54 Å². The third-order valence-electron chi connectivity index (χ3n) is 3.60. The molecule has 2 aromatic rings. The predicted octanol–water partition coefficient (Wildman–Crippen LogP) is 2.77. The third kappa shape index (κ3) is 2.51. The van der Waals surface area contributed by atoms with Crippen molar-refractivity contribution in [1.29, 1.82) is 0 Å². The first-order valence-electron chi connectivity index (χ1n) is 6.56. The molecule has 2 heterocycles. The zero-order chi connectivity index (χ0) is 14.2. The Morgan fingerprint density at radius 2 is 2.05 bits per heavy atom. The number of halogens is 1. The van der Waals surface area contributed by atoms with Crippen LogP contribution >= 0.6 is 15.9 Å². The van der Waals surface area contributed by atoms with Gasteiger partial charge in [-0.15, -0.1) is 0 Å². The molecule has 1 fully saturated rings. The maximum Gasteiger partial charge on any atom is 0.247 e. The SMILES string of the molecule is Cc1ccc(-c2noc(C3(N)CCOCC3)n2)c(Br)c1. The lowest BCUT2D eigenvalue weighted by Crippen LogP contribution is -2.42. The van der Waals surface area contributed by atoms with E-state index in [9.17, 15) is 0 Å². The van der Waals surface area contributed by atoms with E-state index >= 15 is 0 Å². The Balaban J connectivity index is 1.93. The van der Waals surface area contributed by atoms with Gasteiger partial charge in [0.05, 0.1) is 0 Å². The van der Waals surface area contributed by atoms with Crippen LogP contribution in [0.25, 0.3) is 11.4 Å². The van der Waals surface area contributed by atoms with Crippen LogP contribution in [0.15, 0.2) is 27.2 Å². The van der Waals surface area contributed by atoms with E-state index in [0.29, 0.717) is 37.8 Å². The zero-order valence-corrected chi connectivity index (χ0v) is 12.8. The van der Waals surface area contributed by atoms with Gasteiger partial charge in [-0.2, -0.15) is 4.98 Å². The Kier molecular flexibility index (Phi) is 3.62. The van der Waals surface area contributed by atoms with Gasteiger partial charge in [-0.25, -0.2) is 0 Å². The minimum absolute atomic E-state index is 0.489. The van der Waals surface area contributed by atoms with Crippen molar-refractivity contribution in [3.8, 4) is 11.4 Å². The molecule has 3 rings (SSSR count). The fourth-order valence-electron chi connectivity index (χ4n) is 2.29. The maximum atomic E-state index is 6.35. The molecule has 0 radical (unpaired) electrons. The van der Waals surface area contributed by atoms with Gasteiger partial charge < -0.3 is 15.0 Å². The van der Waals surface area contributed by atoms with Crippen LogP contribution in [0.1, 0.15) is 24.3 Å². The van der Waals surface area contributed by atoms with E-state index in [4.69, 9.17) is 15.0 Å². The molecule has 2 N–H and O–H groups in total. The molecule has 106 valence electrons. The van der Waals surface area contributed by atoms with Gasteiger partial charge in [0.15, 0.2) is 0 Å². The largest absolute Gasteiger partial charge is 0.381 e. The van der Waals surface area contributed by atoms with E-state index in [1.807, 2.05) is 25.1 Å². The molecule has 0 bridgehead atoms. The summed E-state index contributed by atoms with van der Waals surface area (Å²) in [6, 6.07) is 6.02. The quantitative estimate of drug-likeness (QED) is 0.911. The lowest BCUT2D eigenvalue weighted by Gasteiger charge is -2.29. The highest BCUT2D eigenvalue weighted by molar-refractivity contribution is 9.10. The summed E-state index contributed by atoms with van der Waals surface area (Å²) in [5.74, 6) is 1.05. The molecule has 1 aliphatic heterocycles. The topological polar surface area (TPSA) is 74.2 Å². The Morgan fingerprint density at radius 1 is 1.30 bits per heavy atom. The standard InChI is InChI=1S/C14H16BrN3O2/c1-9-2-3-10(11(15)8-9)12-17-13(20-18-12)14(16)4-6-19-7-5-14/h2-3,8H,4-7,16H2,1H3. The Hall–Kier alpha value is -1.24. The predicted molar refractivity (Wildman–Crippen MR) is 78.1 cm³/mol. The van der Waals surface area contributed by atoms with Gasteiger partial charge >= 0.3 is 0 Å². The molecular weight excluding hydrogens is 322 g/mol. The molecule has 20 heavy (non-hydrogen) atoms. The summed E-state index contributed by atoms with van der Waals surface area (Å²) >= 11 is 3.53. The summed E-state index contributed by atoms with van der Waals surface area (Å²) in [5, 5.41) is 4.06. The Labute approximate surface area is 125 Å². The minimum atomic E-state index is -0.569. The second kappa shape index (κ2) is 5.27. The van der Waals surface area contributed by atoms with Crippen LogP contribution in [0.2, 0.25) is 0 Å². The van der Waals surface area contributed by atoms with Crippen molar-refractivity contribution in [2.45, 2.75) is 25.3 Å². The van der Waals surface area contributed by atoms with Crippen LogP contribution in [0.3, 0.4) is 0 Å². The van der Waals surface area contributed by atoms with Crippen LogP contribution in [0, 0.1) is 6.92 Å². The molecule has 0 amide bonds. The number of nitrogens with zero attached hydrogens (tertiary/aromatic N) is 2. The van der Waals surface area contributed by atoms with Crippen LogP contribution in [0.5, 0.6) is 0 Å². The lowest BCUT2D eigenvalue weighted by molar-refractivity contribution is 0.0400. The number of aromatic nitrogens is 2. The molecule has 1 aromatic heterocycles. The number of nitrogens with two attached hydrogens (primary N) is 1. The Morgan fingerprint density at radius 3 is 2.75 bits per heavy atom. The first-order valence-corrected chi connectivity index (χ1v) is 7.35. The molecular formula is C14H16BrN3O2. The lowest BCUT2D eigenvalue weighted by atomic mass is 9.91. The van der Waals surface area contributed by atoms with Crippen molar-refractivity contribution in [2.24, 2.45) is 5.73 Å². The number of hydrogen-bond acceptors (Lipinski definition) is 5. The summed E-state index contributed by atoms with van der Waals surface area (Å²) in [4.78, 5) is 4.48. The van der Waals surface area contributed by atoms with Crippen molar-refractivity contribution in [2.75, 3.05) is 13.2 Å². The van der Waals surface area contributed by atoms with Crippen molar-refractivity contribution in [1.82, 2.24) is 10.1 Å². The molecule has 0 aliphatic carbocycles. The summed E-state index contributed by atoms with van der Waals surface area (Å²) in [6.45, 7) is 3.29. The van der Waals surface area contributed by atoms with E-state index in [1.165, 1.54) is 5.56 Å². The fraction of sp³-hybridized carbons (Fsp3) is 0.429. The highest BCUT2D eigenvalue weighted by Gasteiger charge is 2.36. The first kappa shape index (κ1) is 13.7. The van der Waals surface area contributed by atoms with E-state index in [2.05, 4.69) is 26.1 Å². The molecule has 0 spiro atoms. The third-order valence-corrected chi connectivity index (χ3v) is 4.26. The highest BCUT2D eigenvalue weighted by atomic mass is 79.9. The van der Waals surface area contributed by atoms with Gasteiger partial charge in [-0.3, -0.25) is 0 Å². The van der Waals surface area contributed by atoms with Crippen molar-refractivity contribution in [3.05, 3.63) is 34.1 Å². The molecule has 1 saturated heterocycles. The molecule has 0 saturated carbocycles. The van der Waals surface area contributed by atoms with Crippen LogP contribution in [0.4, 0.5) is 0 Å². The minimum Gasteiger partial charge on any atom is -0.381 e. The number of rotatable bonds is 2. The second-order valence-electron chi connectivity index (χ2n) is 5.17. The average Bonchev–Trinajstić information content (AvgIpc) is 2.90. The monoisotopic (exact) mass is 337 g/mol. The Bertz CT molecular complexity index is 621. The molecule has 5 nitrogen and oxygen atoms in total. The van der Waals surface area contributed by atoms with E-state index in [-0.39, 0.29) is 0 Å². The second-order valence-corrected chi connectivity index (χ2v) is 6.03. The molecule has 1 aromatic carbocycles. The van der Waals surface area contributed by atoms with E-state index in [1.54, 1.807) is 0 Å². The van der Waals surface area contributed by atoms with Crippen molar-refractivity contribution >= 4 is 15.9 Å². The first-order chi connectivity index (χ1) is 9.58. The van der Waals surface area contributed by atoms with Gasteiger partial charge in [0.2, 0.25) is 11.7 Å². The molecule has 6 heteroatoms. The van der Waals surface area contributed by atoms with Crippen LogP contribution in [-0.2, 0) is 10.3 Å². The zero-order valence-electron chi connectivity index (χ0n) is 11.2. The fourth-order valence-corrected chi connectivity index (χ4v) is 2.96. The van der Waals surface area contributed by atoms with Gasteiger partial charge in [-0.1, -0.05) is 27.2 Å². The highest BCUT2D eigenvalue weighted by Crippen LogP contribution is 2.32. The average molecular weight is 338 g/mol. The maximum absolute atomic E-state index is 6.35. The summed E-state index contributed by atoms with van der Waals surface area (Å²) in [5.41, 5.74) is 7.85. The van der Waals surface area contributed by atoms with Gasteiger partial charge in [0.1, 0.15) is 5.54 Å². The number of ether oxygens (including phenoxy) is 1. The molecule has 0 atom stereocenters. The smallest absolute Gasteiger partial charge is 0.247 e. The van der Waals surface area contributed by atoms with Crippen molar-refractivity contribution in [3.63, 3.8) is 0 Å². The van der Waals surface area contributed by atoms with E-state index in [0.717, 1.165) is 10.0 Å². The summed E-state index contributed by atoms with van der Waals surface area (Å²) in [7, 11) is 0.